The van der Waals surface area contributed by atoms with Crippen molar-refractivity contribution in [2.45, 2.75) is 70.6 Å². The van der Waals surface area contributed by atoms with Crippen molar-refractivity contribution in [1.29, 1.82) is 5.26 Å². The number of aromatic nitrogens is 4. The van der Waals surface area contributed by atoms with Gasteiger partial charge in [0, 0.05) is 28.5 Å². The first-order chi connectivity index (χ1) is 20.9. The van der Waals surface area contributed by atoms with Gasteiger partial charge >= 0.3 is 0 Å². The van der Waals surface area contributed by atoms with Gasteiger partial charge < -0.3 is 0 Å². The Hall–Kier alpha value is -4.69. The molecule has 2 atom stereocenters. The first kappa shape index (κ1) is 27.2. The molecule has 2 heterocycles. The molecular formula is C38H35N5. The Labute approximate surface area is 253 Å². The second-order valence-corrected chi connectivity index (χ2v) is 12.6. The number of hydrogen-bond donors (Lipinski definition) is 0. The zero-order valence-corrected chi connectivity index (χ0v) is 25.2. The molecule has 5 heteroatoms. The standard InChI is InChI=1S/C38H35N5/c1-22(2)24-5-9-26(10-6-24)36-41-37(27-11-7-25(8-12-27)23(3)4)43-38(42-36)32-18-31(20-39)35(40-21-32)30-15-16-33-28-13-14-29(17-28)34(33)19-30/h5-12,15-16,18-19,21-23,28-29H,13-14,17H2,1-4H3. The van der Waals surface area contributed by atoms with Crippen molar-refractivity contribution in [2.24, 2.45) is 0 Å². The Kier molecular flexibility index (Phi) is 6.86. The van der Waals surface area contributed by atoms with Crippen LogP contribution < -0.4 is 0 Å². The molecule has 2 bridgehead atoms. The van der Waals surface area contributed by atoms with Gasteiger partial charge in [0.05, 0.1) is 11.3 Å². The van der Waals surface area contributed by atoms with E-state index < -0.39 is 0 Å². The third-order valence-electron chi connectivity index (χ3n) is 9.25. The van der Waals surface area contributed by atoms with Gasteiger partial charge in [-0.3, -0.25) is 4.98 Å². The van der Waals surface area contributed by atoms with Gasteiger partial charge in [0.2, 0.25) is 0 Å². The molecule has 5 nitrogen and oxygen atoms in total. The lowest BCUT2D eigenvalue weighted by atomic mass is 9.89. The van der Waals surface area contributed by atoms with Crippen molar-refractivity contribution in [3.63, 3.8) is 0 Å². The maximum atomic E-state index is 10.2. The van der Waals surface area contributed by atoms with E-state index in [-0.39, 0.29) is 0 Å². The summed E-state index contributed by atoms with van der Waals surface area (Å²) in [5, 5.41) is 10.2. The highest BCUT2D eigenvalue weighted by Gasteiger charge is 2.36. The van der Waals surface area contributed by atoms with Crippen molar-refractivity contribution < 1.29 is 0 Å². The monoisotopic (exact) mass is 561 g/mol. The molecule has 2 aliphatic carbocycles. The summed E-state index contributed by atoms with van der Waals surface area (Å²) in [5.74, 6) is 3.92. The molecule has 1 saturated carbocycles. The molecule has 5 aromatic rings. The SMILES string of the molecule is CC(C)c1ccc(-c2nc(-c3ccc(C(C)C)cc3)nc(-c3cnc(-c4ccc5c(c4)C4CCC5C4)c(C#N)c3)n2)cc1. The largest absolute Gasteiger partial charge is 0.254 e. The van der Waals surface area contributed by atoms with E-state index in [0.29, 0.717) is 58.0 Å². The fourth-order valence-corrected chi connectivity index (χ4v) is 6.69. The molecule has 0 aliphatic heterocycles. The van der Waals surface area contributed by atoms with Crippen molar-refractivity contribution in [3.8, 4) is 51.5 Å². The third kappa shape index (κ3) is 5.02. The van der Waals surface area contributed by atoms with Crippen LogP contribution in [-0.4, -0.2) is 19.9 Å². The molecule has 0 spiro atoms. The van der Waals surface area contributed by atoms with Crippen molar-refractivity contribution in [1.82, 2.24) is 19.9 Å². The quantitative estimate of drug-likeness (QED) is 0.206. The smallest absolute Gasteiger partial charge is 0.165 e. The molecular weight excluding hydrogens is 526 g/mol. The van der Waals surface area contributed by atoms with E-state index in [4.69, 9.17) is 19.9 Å². The minimum Gasteiger partial charge on any atom is -0.254 e. The molecule has 2 aliphatic rings. The highest BCUT2D eigenvalue weighted by Crippen LogP contribution is 2.53. The Morgan fingerprint density at radius 3 is 1.67 bits per heavy atom. The number of pyridine rings is 1. The maximum absolute atomic E-state index is 10.2. The number of hydrogen-bond acceptors (Lipinski definition) is 5. The first-order valence-electron chi connectivity index (χ1n) is 15.4. The molecule has 2 aromatic heterocycles. The Bertz CT molecular complexity index is 1790. The van der Waals surface area contributed by atoms with E-state index in [2.05, 4.69) is 100 Å². The van der Waals surface area contributed by atoms with Crippen LogP contribution >= 0.6 is 0 Å². The topological polar surface area (TPSA) is 75.3 Å². The highest BCUT2D eigenvalue weighted by atomic mass is 15.0. The van der Waals surface area contributed by atoms with Crippen LogP contribution in [0.4, 0.5) is 0 Å². The summed E-state index contributed by atoms with van der Waals surface area (Å²) in [6, 6.07) is 27.7. The summed E-state index contributed by atoms with van der Waals surface area (Å²) in [7, 11) is 0. The van der Waals surface area contributed by atoms with E-state index in [1.54, 1.807) is 6.20 Å². The van der Waals surface area contributed by atoms with Gasteiger partial charge in [0.25, 0.3) is 0 Å². The lowest BCUT2D eigenvalue weighted by Crippen LogP contribution is -2.02. The summed E-state index contributed by atoms with van der Waals surface area (Å²) in [4.78, 5) is 19.5. The zero-order valence-electron chi connectivity index (χ0n) is 25.2. The van der Waals surface area contributed by atoms with Crippen molar-refractivity contribution >= 4 is 0 Å². The predicted octanol–water partition coefficient (Wildman–Crippen LogP) is 9.42. The molecule has 0 radical (unpaired) electrons. The molecule has 212 valence electrons. The van der Waals surface area contributed by atoms with Crippen molar-refractivity contribution in [2.75, 3.05) is 0 Å². The van der Waals surface area contributed by atoms with Crippen LogP contribution in [0.1, 0.15) is 98.4 Å². The predicted molar refractivity (Wildman–Crippen MR) is 172 cm³/mol. The zero-order chi connectivity index (χ0) is 29.7. The number of nitriles is 1. The van der Waals surface area contributed by atoms with Gasteiger partial charge in [-0.15, -0.1) is 0 Å². The first-order valence-corrected chi connectivity index (χ1v) is 15.4. The lowest BCUT2D eigenvalue weighted by Gasteiger charge is -2.16. The molecule has 43 heavy (non-hydrogen) atoms. The van der Waals surface area contributed by atoms with Crippen LogP contribution in [-0.2, 0) is 0 Å². The maximum Gasteiger partial charge on any atom is 0.165 e. The molecule has 7 rings (SSSR count). The van der Waals surface area contributed by atoms with Gasteiger partial charge in [-0.05, 0) is 77.3 Å². The van der Waals surface area contributed by atoms with E-state index in [0.717, 1.165) is 16.7 Å². The van der Waals surface area contributed by atoms with Gasteiger partial charge in [0.1, 0.15) is 6.07 Å². The van der Waals surface area contributed by atoms with Crippen LogP contribution in [0.25, 0.3) is 45.4 Å². The van der Waals surface area contributed by atoms with E-state index in [1.165, 1.54) is 41.5 Å². The molecule has 0 saturated heterocycles. The summed E-state index contributed by atoms with van der Waals surface area (Å²) in [5.41, 5.74) is 10.2. The second kappa shape index (κ2) is 10.9. The molecule has 0 N–H and O–H groups in total. The van der Waals surface area contributed by atoms with Crippen LogP contribution in [0, 0.1) is 11.3 Å². The summed E-state index contributed by atoms with van der Waals surface area (Å²) in [6.45, 7) is 8.74. The van der Waals surface area contributed by atoms with Gasteiger partial charge in [-0.2, -0.15) is 5.26 Å². The highest BCUT2D eigenvalue weighted by molar-refractivity contribution is 5.73. The average Bonchev–Trinajstić information content (AvgIpc) is 3.67. The van der Waals surface area contributed by atoms with Crippen LogP contribution in [0.3, 0.4) is 0 Å². The fourth-order valence-electron chi connectivity index (χ4n) is 6.69. The van der Waals surface area contributed by atoms with Crippen LogP contribution in [0.15, 0.2) is 79.0 Å². The fraction of sp³-hybridized carbons (Fsp3) is 0.289. The molecule has 2 unspecified atom stereocenters. The lowest BCUT2D eigenvalue weighted by molar-refractivity contribution is 0.717. The Morgan fingerprint density at radius 2 is 1.14 bits per heavy atom. The second-order valence-electron chi connectivity index (χ2n) is 12.6. The van der Waals surface area contributed by atoms with Gasteiger partial charge in [-0.1, -0.05) is 88.4 Å². The summed E-state index contributed by atoms with van der Waals surface area (Å²) in [6.07, 6.45) is 5.62. The average molecular weight is 562 g/mol. The van der Waals surface area contributed by atoms with Gasteiger partial charge in [0.15, 0.2) is 17.5 Å². The van der Waals surface area contributed by atoms with Crippen molar-refractivity contribution in [3.05, 3.63) is 107 Å². The number of fused-ring (bicyclic) bond motifs is 5. The number of nitrogens with zero attached hydrogens (tertiary/aromatic N) is 5. The van der Waals surface area contributed by atoms with E-state index >= 15 is 0 Å². The number of rotatable bonds is 6. The Morgan fingerprint density at radius 1 is 0.628 bits per heavy atom. The van der Waals surface area contributed by atoms with E-state index in [9.17, 15) is 5.26 Å². The van der Waals surface area contributed by atoms with Crippen LogP contribution in [0.5, 0.6) is 0 Å². The normalized spacial score (nSPS) is 17.0. The summed E-state index contributed by atoms with van der Waals surface area (Å²) >= 11 is 0. The minimum absolute atomic E-state index is 0.438. The third-order valence-corrected chi connectivity index (χ3v) is 9.25. The van der Waals surface area contributed by atoms with Gasteiger partial charge in [-0.25, -0.2) is 15.0 Å². The van der Waals surface area contributed by atoms with E-state index in [1.807, 2.05) is 6.07 Å². The summed E-state index contributed by atoms with van der Waals surface area (Å²) < 4.78 is 0. The molecule has 3 aromatic carbocycles. The van der Waals surface area contributed by atoms with Crippen LogP contribution in [0.2, 0.25) is 0 Å². The molecule has 0 amide bonds. The Balaban J connectivity index is 1.31. The number of benzene rings is 3. The minimum atomic E-state index is 0.438. The molecule has 1 fully saturated rings.